The number of nitrogens with zero attached hydrogens (tertiary/aromatic N) is 3. The number of carbonyl (C=O) groups excluding carboxylic acids is 3. The van der Waals surface area contributed by atoms with Crippen molar-refractivity contribution in [2.45, 2.75) is 25.6 Å². The predicted molar refractivity (Wildman–Crippen MR) is 146 cm³/mol. The van der Waals surface area contributed by atoms with Crippen molar-refractivity contribution >= 4 is 34.8 Å². The minimum Gasteiger partial charge on any atom is -0.366 e. The largest absolute Gasteiger partial charge is 0.366 e. The van der Waals surface area contributed by atoms with Crippen LogP contribution in [0.4, 0.5) is 4.79 Å². The zero-order chi connectivity index (χ0) is 26.9. The molecule has 5 rings (SSSR count). The fourth-order valence-electron chi connectivity index (χ4n) is 4.95. The van der Waals surface area contributed by atoms with Crippen molar-refractivity contribution in [2.75, 3.05) is 0 Å². The third kappa shape index (κ3) is 4.37. The van der Waals surface area contributed by atoms with Crippen molar-refractivity contribution in [1.82, 2.24) is 9.80 Å². The standard InChI is InChI=1S/C30H27N5O3/c1-30(26-9-5-8-24(16-26)27(31)36)28(37)34(29(38)35(30)19-20-6-3-2-4-7-20)18-22-11-13-23-12-10-21(17-33-32)14-25(23)15-22/h2-17H,18-19,32H2,1H3,(H2,31,36). The monoisotopic (exact) mass is 505 g/mol. The maximum absolute atomic E-state index is 14.0. The van der Waals surface area contributed by atoms with Gasteiger partial charge < -0.3 is 16.5 Å². The van der Waals surface area contributed by atoms with Crippen molar-refractivity contribution in [1.29, 1.82) is 0 Å². The van der Waals surface area contributed by atoms with E-state index in [1.165, 1.54) is 4.90 Å². The molecule has 1 heterocycles. The smallest absolute Gasteiger partial charge is 0.328 e. The Morgan fingerprint density at radius 1 is 0.868 bits per heavy atom. The van der Waals surface area contributed by atoms with E-state index in [2.05, 4.69) is 5.10 Å². The molecule has 4 aromatic carbocycles. The highest BCUT2D eigenvalue weighted by Gasteiger charge is 2.55. The van der Waals surface area contributed by atoms with Gasteiger partial charge in [0.25, 0.3) is 5.91 Å². The van der Waals surface area contributed by atoms with E-state index in [1.54, 1.807) is 42.3 Å². The number of urea groups is 1. The zero-order valence-electron chi connectivity index (χ0n) is 20.9. The van der Waals surface area contributed by atoms with Gasteiger partial charge >= 0.3 is 6.03 Å². The zero-order valence-corrected chi connectivity index (χ0v) is 20.9. The maximum Gasteiger partial charge on any atom is 0.328 e. The molecule has 0 spiro atoms. The molecule has 1 aliphatic heterocycles. The van der Waals surface area contributed by atoms with Gasteiger partial charge in [0.05, 0.1) is 12.8 Å². The predicted octanol–water partition coefficient (Wildman–Crippen LogP) is 4.11. The first-order chi connectivity index (χ1) is 18.3. The summed E-state index contributed by atoms with van der Waals surface area (Å²) in [6.07, 6.45) is 1.56. The number of benzene rings is 4. The Bertz CT molecular complexity index is 1580. The van der Waals surface area contributed by atoms with Crippen LogP contribution in [0.3, 0.4) is 0 Å². The van der Waals surface area contributed by atoms with E-state index in [9.17, 15) is 14.4 Å². The summed E-state index contributed by atoms with van der Waals surface area (Å²) in [6, 6.07) is 27.3. The molecule has 4 amide bonds. The van der Waals surface area contributed by atoms with Crippen LogP contribution in [0.5, 0.6) is 0 Å². The molecule has 0 radical (unpaired) electrons. The lowest BCUT2D eigenvalue weighted by atomic mass is 9.88. The number of rotatable bonds is 7. The van der Waals surface area contributed by atoms with Gasteiger partial charge in [-0.1, -0.05) is 66.7 Å². The molecule has 1 saturated heterocycles. The van der Waals surface area contributed by atoms with Crippen LogP contribution in [0, 0.1) is 0 Å². The number of hydrogen-bond acceptors (Lipinski definition) is 5. The van der Waals surface area contributed by atoms with Crippen molar-refractivity contribution in [3.05, 3.63) is 119 Å². The van der Waals surface area contributed by atoms with E-state index in [0.717, 1.165) is 27.5 Å². The number of primary amides is 1. The van der Waals surface area contributed by atoms with Gasteiger partial charge in [0.2, 0.25) is 5.91 Å². The van der Waals surface area contributed by atoms with Gasteiger partial charge in [-0.2, -0.15) is 5.10 Å². The highest BCUT2D eigenvalue weighted by atomic mass is 16.2. The molecule has 4 N–H and O–H groups in total. The normalized spacial score (nSPS) is 17.6. The molecule has 0 saturated carbocycles. The van der Waals surface area contributed by atoms with Crippen molar-refractivity contribution in [2.24, 2.45) is 16.7 Å². The quantitative estimate of drug-likeness (QED) is 0.170. The van der Waals surface area contributed by atoms with Crippen LogP contribution in [-0.4, -0.2) is 33.9 Å². The summed E-state index contributed by atoms with van der Waals surface area (Å²) < 4.78 is 0. The Kier molecular flexibility index (Phi) is 6.38. The van der Waals surface area contributed by atoms with Crippen molar-refractivity contribution < 1.29 is 14.4 Å². The second kappa shape index (κ2) is 9.82. The summed E-state index contributed by atoms with van der Waals surface area (Å²) in [6.45, 7) is 2.03. The van der Waals surface area contributed by atoms with Crippen LogP contribution in [0.2, 0.25) is 0 Å². The van der Waals surface area contributed by atoms with Crippen molar-refractivity contribution in [3.8, 4) is 0 Å². The third-order valence-electron chi connectivity index (χ3n) is 7.05. The molecule has 38 heavy (non-hydrogen) atoms. The Labute approximate surface area is 220 Å². The average molecular weight is 506 g/mol. The fourth-order valence-corrected chi connectivity index (χ4v) is 4.95. The number of hydrogen-bond donors (Lipinski definition) is 2. The second-order valence-corrected chi connectivity index (χ2v) is 9.48. The van der Waals surface area contributed by atoms with E-state index in [4.69, 9.17) is 11.6 Å². The first kappa shape index (κ1) is 24.7. The molecule has 8 nitrogen and oxygen atoms in total. The fraction of sp³-hybridized carbons (Fsp3) is 0.133. The molecular formula is C30H27N5O3. The van der Waals surface area contributed by atoms with Crippen LogP contribution in [0.15, 0.2) is 96.1 Å². The van der Waals surface area contributed by atoms with Crippen LogP contribution in [-0.2, 0) is 23.4 Å². The van der Waals surface area contributed by atoms with Gasteiger partial charge in [0, 0.05) is 12.1 Å². The SMILES string of the molecule is CC1(c2cccc(C(N)=O)c2)C(=O)N(Cc2ccc3ccc(C=NN)cc3c2)C(=O)N1Cc1ccccc1. The van der Waals surface area contributed by atoms with Crippen LogP contribution in [0.25, 0.3) is 10.8 Å². The lowest BCUT2D eigenvalue weighted by molar-refractivity contribution is -0.133. The van der Waals surface area contributed by atoms with E-state index in [1.807, 2.05) is 66.7 Å². The van der Waals surface area contributed by atoms with Crippen LogP contribution < -0.4 is 11.6 Å². The van der Waals surface area contributed by atoms with Crippen LogP contribution >= 0.6 is 0 Å². The topological polar surface area (TPSA) is 122 Å². The lowest BCUT2D eigenvalue weighted by Gasteiger charge is -2.32. The van der Waals surface area contributed by atoms with E-state index >= 15 is 0 Å². The number of fused-ring (bicyclic) bond motifs is 1. The molecule has 0 aromatic heterocycles. The van der Waals surface area contributed by atoms with Gasteiger partial charge in [-0.3, -0.25) is 14.5 Å². The molecule has 1 aliphatic rings. The Hall–Kier alpha value is -4.98. The van der Waals surface area contributed by atoms with Gasteiger partial charge in [-0.05, 0) is 64.2 Å². The highest BCUT2D eigenvalue weighted by Crippen LogP contribution is 2.39. The first-order valence-electron chi connectivity index (χ1n) is 12.1. The number of nitrogens with two attached hydrogens (primary N) is 2. The second-order valence-electron chi connectivity index (χ2n) is 9.48. The summed E-state index contributed by atoms with van der Waals surface area (Å²) in [5, 5.41) is 5.54. The molecule has 0 aliphatic carbocycles. The number of hydrazone groups is 1. The summed E-state index contributed by atoms with van der Waals surface area (Å²) in [5.74, 6) is 4.32. The van der Waals surface area contributed by atoms with E-state index < -0.39 is 17.5 Å². The van der Waals surface area contributed by atoms with Gasteiger partial charge in [0.1, 0.15) is 5.54 Å². The molecule has 1 atom stereocenters. The summed E-state index contributed by atoms with van der Waals surface area (Å²) in [4.78, 5) is 42.6. The van der Waals surface area contributed by atoms with Gasteiger partial charge in [-0.15, -0.1) is 0 Å². The minimum absolute atomic E-state index is 0.0964. The van der Waals surface area contributed by atoms with Gasteiger partial charge in [-0.25, -0.2) is 4.79 Å². The number of carbonyl (C=O) groups is 3. The van der Waals surface area contributed by atoms with Gasteiger partial charge in [0.15, 0.2) is 0 Å². The molecular weight excluding hydrogens is 478 g/mol. The third-order valence-corrected chi connectivity index (χ3v) is 7.05. The molecule has 1 fully saturated rings. The Balaban J connectivity index is 1.55. The molecule has 4 aromatic rings. The van der Waals surface area contributed by atoms with E-state index in [0.29, 0.717) is 5.56 Å². The molecule has 8 heteroatoms. The Morgan fingerprint density at radius 2 is 1.63 bits per heavy atom. The highest BCUT2D eigenvalue weighted by molar-refractivity contribution is 6.07. The number of imide groups is 1. The molecule has 0 bridgehead atoms. The summed E-state index contributed by atoms with van der Waals surface area (Å²) in [7, 11) is 0. The van der Waals surface area contributed by atoms with Crippen LogP contribution in [0.1, 0.15) is 39.5 Å². The van der Waals surface area contributed by atoms with E-state index in [-0.39, 0.29) is 24.6 Å². The first-order valence-corrected chi connectivity index (χ1v) is 12.1. The molecule has 190 valence electrons. The minimum atomic E-state index is -1.33. The Morgan fingerprint density at radius 3 is 2.37 bits per heavy atom. The average Bonchev–Trinajstić information content (AvgIpc) is 3.10. The summed E-state index contributed by atoms with van der Waals surface area (Å²) >= 11 is 0. The summed E-state index contributed by atoms with van der Waals surface area (Å²) in [5.41, 5.74) is 7.51. The molecule has 1 unspecified atom stereocenters. The lowest BCUT2D eigenvalue weighted by Crippen LogP contribution is -2.44. The number of amides is 4. The maximum atomic E-state index is 14.0. The van der Waals surface area contributed by atoms with Crippen molar-refractivity contribution in [3.63, 3.8) is 0 Å².